The van der Waals surface area contributed by atoms with Crippen molar-refractivity contribution >= 4 is 29.1 Å². The molecule has 156 valence electrons. The molecular formula is C17H21N5O7. The van der Waals surface area contributed by atoms with Crippen LogP contribution in [0.4, 0.5) is 5.95 Å². The van der Waals surface area contributed by atoms with E-state index in [1.54, 1.807) is 11.5 Å². The summed E-state index contributed by atoms with van der Waals surface area (Å²) in [5.74, 6) is -0.456. The number of nitrogen functional groups attached to an aromatic ring is 1. The van der Waals surface area contributed by atoms with Crippen molar-refractivity contribution in [2.45, 2.75) is 51.2 Å². The highest BCUT2D eigenvalue weighted by Gasteiger charge is 2.63. The Morgan fingerprint density at radius 1 is 1.31 bits per heavy atom. The van der Waals surface area contributed by atoms with Crippen LogP contribution in [0.25, 0.3) is 11.2 Å². The number of anilines is 1. The SMILES string of the molecule is CCOc1nc(N)nc2c1nc1n2[C@@H]2O[C@H](COC(C)=O)[C@@H](OC(C)=O)[C@]2(O)C1. The summed E-state index contributed by atoms with van der Waals surface area (Å²) in [5, 5.41) is 11.4. The van der Waals surface area contributed by atoms with Gasteiger partial charge in [0, 0.05) is 20.3 Å². The predicted molar refractivity (Wildman–Crippen MR) is 95.7 cm³/mol. The lowest BCUT2D eigenvalue weighted by Gasteiger charge is -2.28. The first kappa shape index (κ1) is 19.3. The van der Waals surface area contributed by atoms with Gasteiger partial charge in [-0.15, -0.1) is 0 Å². The molecule has 0 unspecified atom stereocenters. The molecular weight excluding hydrogens is 386 g/mol. The van der Waals surface area contributed by atoms with Crippen molar-refractivity contribution in [2.24, 2.45) is 0 Å². The van der Waals surface area contributed by atoms with Crippen molar-refractivity contribution in [2.75, 3.05) is 18.9 Å². The third-order valence-electron chi connectivity index (χ3n) is 4.86. The van der Waals surface area contributed by atoms with E-state index >= 15 is 0 Å². The van der Waals surface area contributed by atoms with Crippen molar-refractivity contribution in [3.05, 3.63) is 5.82 Å². The topological polar surface area (TPSA) is 161 Å². The number of hydrogen-bond donors (Lipinski definition) is 2. The van der Waals surface area contributed by atoms with Gasteiger partial charge >= 0.3 is 11.9 Å². The van der Waals surface area contributed by atoms with E-state index in [-0.39, 0.29) is 24.9 Å². The normalized spacial score (nSPS) is 27.5. The van der Waals surface area contributed by atoms with Crippen LogP contribution in [0, 0.1) is 0 Å². The molecule has 1 fully saturated rings. The van der Waals surface area contributed by atoms with Gasteiger partial charge in [0.1, 0.15) is 18.5 Å². The van der Waals surface area contributed by atoms with E-state index in [2.05, 4.69) is 15.0 Å². The first-order valence-electron chi connectivity index (χ1n) is 9.10. The molecule has 3 N–H and O–H groups in total. The molecule has 4 rings (SSSR count). The van der Waals surface area contributed by atoms with Crippen LogP contribution in [-0.2, 0) is 30.2 Å². The molecule has 2 aromatic heterocycles. The number of aromatic nitrogens is 4. The summed E-state index contributed by atoms with van der Waals surface area (Å²) in [5.41, 5.74) is 4.90. The first-order chi connectivity index (χ1) is 13.7. The maximum absolute atomic E-state index is 11.6. The second-order valence-electron chi connectivity index (χ2n) is 6.92. The molecule has 0 saturated carbocycles. The van der Waals surface area contributed by atoms with Gasteiger partial charge in [-0.2, -0.15) is 9.97 Å². The third-order valence-corrected chi connectivity index (χ3v) is 4.86. The van der Waals surface area contributed by atoms with Gasteiger partial charge in [-0.3, -0.25) is 14.2 Å². The van der Waals surface area contributed by atoms with Crippen LogP contribution < -0.4 is 10.5 Å². The number of aliphatic hydroxyl groups is 1. The Balaban J connectivity index is 1.77. The van der Waals surface area contributed by atoms with Gasteiger partial charge < -0.3 is 29.8 Å². The quantitative estimate of drug-likeness (QED) is 0.614. The van der Waals surface area contributed by atoms with Gasteiger partial charge in [0.05, 0.1) is 6.61 Å². The van der Waals surface area contributed by atoms with Crippen molar-refractivity contribution in [1.29, 1.82) is 0 Å². The summed E-state index contributed by atoms with van der Waals surface area (Å²) in [7, 11) is 0. The molecule has 0 aliphatic carbocycles. The standard InChI is InChI=1S/C17H21N5O7/c1-4-26-14-11-13(20-16(18)21-14)22-10(19-11)5-17(25)12(28-8(3)24)9(29-15(17)22)6-27-7(2)23/h9,12,15,25H,4-6H2,1-3H3,(H2,18,20,21)/t9-,12-,15-,17-/m1/s1. The van der Waals surface area contributed by atoms with E-state index in [4.69, 9.17) is 24.7 Å². The second kappa shape index (κ2) is 6.81. The summed E-state index contributed by atoms with van der Waals surface area (Å²) < 4.78 is 23.4. The number of hydrogen-bond acceptors (Lipinski definition) is 11. The summed E-state index contributed by atoms with van der Waals surface area (Å²) in [6, 6.07) is 0. The molecule has 12 heteroatoms. The minimum Gasteiger partial charge on any atom is -0.476 e. The van der Waals surface area contributed by atoms with Crippen molar-refractivity contribution in [3.8, 4) is 5.88 Å². The predicted octanol–water partition coefficient (Wildman–Crippen LogP) is -0.513. The van der Waals surface area contributed by atoms with Crippen molar-refractivity contribution in [1.82, 2.24) is 19.5 Å². The maximum atomic E-state index is 11.6. The molecule has 0 radical (unpaired) electrons. The summed E-state index contributed by atoms with van der Waals surface area (Å²) in [6.45, 7) is 4.45. The second-order valence-corrected chi connectivity index (χ2v) is 6.92. The van der Waals surface area contributed by atoms with Crippen LogP contribution in [0.3, 0.4) is 0 Å². The Morgan fingerprint density at radius 3 is 2.72 bits per heavy atom. The molecule has 0 amide bonds. The zero-order chi connectivity index (χ0) is 20.9. The highest BCUT2D eigenvalue weighted by molar-refractivity contribution is 5.79. The average molecular weight is 407 g/mol. The fourth-order valence-corrected chi connectivity index (χ4v) is 3.84. The van der Waals surface area contributed by atoms with Crippen LogP contribution in [0.5, 0.6) is 5.88 Å². The Bertz CT molecular complexity index is 992. The van der Waals surface area contributed by atoms with Crippen LogP contribution in [0.15, 0.2) is 0 Å². The zero-order valence-electron chi connectivity index (χ0n) is 16.1. The van der Waals surface area contributed by atoms with Crippen LogP contribution >= 0.6 is 0 Å². The number of rotatable bonds is 5. The maximum Gasteiger partial charge on any atom is 0.303 e. The van der Waals surface area contributed by atoms with Gasteiger partial charge in [0.25, 0.3) is 0 Å². The van der Waals surface area contributed by atoms with E-state index < -0.39 is 36.0 Å². The smallest absolute Gasteiger partial charge is 0.303 e. The van der Waals surface area contributed by atoms with Crippen LogP contribution in [0.1, 0.15) is 32.8 Å². The number of carbonyl (C=O) groups excluding carboxylic acids is 2. The monoisotopic (exact) mass is 407 g/mol. The van der Waals surface area contributed by atoms with Gasteiger partial charge in [-0.1, -0.05) is 0 Å². The molecule has 4 atom stereocenters. The fraction of sp³-hybridized carbons (Fsp3) is 0.588. The third kappa shape index (κ3) is 3.04. The molecule has 2 aliphatic rings. The lowest BCUT2D eigenvalue weighted by atomic mass is 9.92. The highest BCUT2D eigenvalue weighted by atomic mass is 16.6. The molecule has 29 heavy (non-hydrogen) atoms. The molecule has 0 bridgehead atoms. The van der Waals surface area contributed by atoms with Gasteiger partial charge in [0.15, 0.2) is 29.1 Å². The molecule has 0 spiro atoms. The molecule has 12 nitrogen and oxygen atoms in total. The van der Waals surface area contributed by atoms with Crippen LogP contribution in [0.2, 0.25) is 0 Å². The van der Waals surface area contributed by atoms with Crippen molar-refractivity contribution in [3.63, 3.8) is 0 Å². The average Bonchev–Trinajstić information content (AvgIpc) is 3.18. The summed E-state index contributed by atoms with van der Waals surface area (Å²) in [4.78, 5) is 35.6. The lowest BCUT2D eigenvalue weighted by Crippen LogP contribution is -2.48. The van der Waals surface area contributed by atoms with E-state index in [9.17, 15) is 14.7 Å². The Morgan fingerprint density at radius 2 is 2.07 bits per heavy atom. The van der Waals surface area contributed by atoms with Gasteiger partial charge in [-0.25, -0.2) is 4.98 Å². The highest BCUT2D eigenvalue weighted by Crippen LogP contribution is 2.49. The first-order valence-corrected chi connectivity index (χ1v) is 9.10. The van der Waals surface area contributed by atoms with E-state index in [0.717, 1.165) is 0 Å². The Kier molecular flexibility index (Phi) is 4.54. The fourth-order valence-electron chi connectivity index (χ4n) is 3.84. The molecule has 4 heterocycles. The summed E-state index contributed by atoms with van der Waals surface area (Å²) >= 11 is 0. The van der Waals surface area contributed by atoms with Gasteiger partial charge in [-0.05, 0) is 6.92 Å². The molecule has 1 saturated heterocycles. The number of fused-ring (bicyclic) bond motifs is 5. The largest absolute Gasteiger partial charge is 0.476 e. The number of imidazole rings is 1. The zero-order valence-corrected chi connectivity index (χ0v) is 16.1. The Labute approximate surface area is 164 Å². The van der Waals surface area contributed by atoms with E-state index in [0.29, 0.717) is 23.6 Å². The number of esters is 2. The number of nitrogens with zero attached hydrogens (tertiary/aromatic N) is 4. The number of carbonyl (C=O) groups is 2. The van der Waals surface area contributed by atoms with Crippen molar-refractivity contribution < 1.29 is 33.6 Å². The minimum absolute atomic E-state index is 0.0218. The summed E-state index contributed by atoms with van der Waals surface area (Å²) in [6.07, 6.45) is -2.88. The number of ether oxygens (including phenoxy) is 4. The Hall–Kier alpha value is -2.99. The lowest BCUT2D eigenvalue weighted by molar-refractivity contribution is -0.163. The molecule has 2 aliphatic heterocycles. The number of nitrogens with two attached hydrogens (primary N) is 1. The van der Waals surface area contributed by atoms with Crippen LogP contribution in [-0.4, -0.2) is 67.6 Å². The molecule has 2 aromatic rings. The van der Waals surface area contributed by atoms with E-state index in [1.807, 2.05) is 0 Å². The minimum atomic E-state index is -1.61. The molecule has 0 aromatic carbocycles. The van der Waals surface area contributed by atoms with Gasteiger partial charge in [0.2, 0.25) is 11.8 Å². The van der Waals surface area contributed by atoms with E-state index in [1.165, 1.54) is 13.8 Å².